The monoisotopic (exact) mass is 397 g/mol. The van der Waals surface area contributed by atoms with Crippen molar-refractivity contribution in [1.82, 2.24) is 20.4 Å². The second kappa shape index (κ2) is 6.64. The lowest BCUT2D eigenvalue weighted by Crippen LogP contribution is -3.00. The molecule has 0 bridgehead atoms. The van der Waals surface area contributed by atoms with Gasteiger partial charge in [-0.2, -0.15) is 0 Å². The minimum Gasteiger partial charge on any atom is -1.00 e. The van der Waals surface area contributed by atoms with E-state index in [1.165, 1.54) is 0 Å². The highest BCUT2D eigenvalue weighted by Gasteiger charge is 2.27. The average Bonchev–Trinajstić information content (AvgIpc) is 2.99. The first-order valence-electron chi connectivity index (χ1n) is 6.78. The van der Waals surface area contributed by atoms with Crippen molar-refractivity contribution in [3.05, 3.63) is 77.5 Å². The summed E-state index contributed by atoms with van der Waals surface area (Å²) >= 11 is 3.40. The summed E-state index contributed by atoms with van der Waals surface area (Å²) in [5.41, 5.74) is 2.99. The molecule has 2 heterocycles. The van der Waals surface area contributed by atoms with E-state index in [0.717, 1.165) is 21.4 Å². The summed E-state index contributed by atoms with van der Waals surface area (Å²) in [7, 11) is 0. The lowest BCUT2D eigenvalue weighted by Gasteiger charge is -2.15. The highest BCUT2D eigenvalue weighted by Crippen LogP contribution is 2.31. The standard InChI is InChI=1S/C15H15BrN4O2.ClH/c1-7-11(14(21)19-17-7)13(9-3-5-10(16)6-4-9)12-8(2)18-20-15(12)22;/h3-6,13H,1-2H3,(H2,17,19,21)(H2,18,20,22);1H/p-1. The van der Waals surface area contributed by atoms with Gasteiger partial charge in [0.15, 0.2) is 0 Å². The van der Waals surface area contributed by atoms with E-state index in [2.05, 4.69) is 36.3 Å². The lowest BCUT2D eigenvalue weighted by molar-refractivity contribution is -0.00000473. The fraction of sp³-hybridized carbons (Fsp3) is 0.200. The van der Waals surface area contributed by atoms with Crippen LogP contribution >= 0.6 is 15.9 Å². The third-order valence-corrected chi connectivity index (χ3v) is 4.33. The van der Waals surface area contributed by atoms with Gasteiger partial charge < -0.3 is 22.6 Å². The zero-order chi connectivity index (χ0) is 15.9. The number of halogens is 2. The number of aromatic nitrogens is 4. The highest BCUT2D eigenvalue weighted by molar-refractivity contribution is 9.10. The van der Waals surface area contributed by atoms with Gasteiger partial charge in [0.1, 0.15) is 0 Å². The smallest absolute Gasteiger partial charge is 0.268 e. The summed E-state index contributed by atoms with van der Waals surface area (Å²) in [5.74, 6) is -0.432. The van der Waals surface area contributed by atoms with Gasteiger partial charge in [0.2, 0.25) is 0 Å². The van der Waals surface area contributed by atoms with E-state index in [1.54, 1.807) is 0 Å². The Kier molecular flexibility index (Phi) is 5.01. The fourth-order valence-corrected chi connectivity index (χ4v) is 3.00. The lowest BCUT2D eigenvalue weighted by atomic mass is 9.85. The van der Waals surface area contributed by atoms with Gasteiger partial charge >= 0.3 is 0 Å². The largest absolute Gasteiger partial charge is 1.00 e. The molecule has 4 N–H and O–H groups in total. The van der Waals surface area contributed by atoms with Crippen molar-refractivity contribution in [3.8, 4) is 0 Å². The van der Waals surface area contributed by atoms with E-state index in [0.29, 0.717) is 11.1 Å². The van der Waals surface area contributed by atoms with Crippen molar-refractivity contribution in [2.45, 2.75) is 19.8 Å². The predicted molar refractivity (Wildman–Crippen MR) is 87.4 cm³/mol. The van der Waals surface area contributed by atoms with Gasteiger partial charge in [-0.1, -0.05) is 28.1 Å². The molecule has 0 aliphatic carbocycles. The third kappa shape index (κ3) is 3.07. The second-order valence-corrected chi connectivity index (χ2v) is 6.14. The SMILES string of the molecule is Cc1[nH][nH]c(=O)c1C(c1ccc(Br)cc1)c1c(C)[nH][nH]c1=O.[Cl-]. The number of hydrogen-bond donors (Lipinski definition) is 4. The molecule has 6 nitrogen and oxygen atoms in total. The highest BCUT2D eigenvalue weighted by atomic mass is 79.9. The molecule has 0 aliphatic heterocycles. The Labute approximate surface area is 146 Å². The Morgan fingerprint density at radius 3 is 1.61 bits per heavy atom. The Hall–Kier alpha value is -1.99. The molecule has 0 spiro atoms. The first-order chi connectivity index (χ1) is 10.5. The van der Waals surface area contributed by atoms with Crippen LogP contribution in [0.1, 0.15) is 34.0 Å². The van der Waals surface area contributed by atoms with Crippen LogP contribution < -0.4 is 23.5 Å². The van der Waals surface area contributed by atoms with Crippen molar-refractivity contribution in [1.29, 1.82) is 0 Å². The molecule has 8 heteroatoms. The number of nitrogens with one attached hydrogen (secondary N) is 4. The molecule has 0 saturated carbocycles. The summed E-state index contributed by atoms with van der Waals surface area (Å²) in [5, 5.41) is 10.8. The second-order valence-electron chi connectivity index (χ2n) is 5.22. The fourth-order valence-electron chi connectivity index (χ4n) is 2.74. The summed E-state index contributed by atoms with van der Waals surface area (Å²) in [4.78, 5) is 24.4. The van der Waals surface area contributed by atoms with Crippen LogP contribution in [0, 0.1) is 13.8 Å². The quantitative estimate of drug-likeness (QED) is 0.468. The third-order valence-electron chi connectivity index (χ3n) is 3.81. The van der Waals surface area contributed by atoms with Crippen LogP contribution in [-0.2, 0) is 0 Å². The number of rotatable bonds is 3. The summed E-state index contributed by atoms with van der Waals surface area (Å²) in [6.07, 6.45) is 0. The molecule has 0 radical (unpaired) electrons. The Bertz CT molecular complexity index is 866. The first-order valence-corrected chi connectivity index (χ1v) is 7.58. The maximum absolute atomic E-state index is 12.2. The van der Waals surface area contributed by atoms with Gasteiger partial charge in [-0.05, 0) is 31.5 Å². The van der Waals surface area contributed by atoms with Gasteiger partial charge in [-0.3, -0.25) is 19.8 Å². The van der Waals surface area contributed by atoms with Gasteiger partial charge in [0.25, 0.3) is 11.1 Å². The van der Waals surface area contributed by atoms with Crippen LogP contribution in [0.15, 0.2) is 38.3 Å². The van der Waals surface area contributed by atoms with Crippen LogP contribution in [-0.4, -0.2) is 20.4 Å². The minimum atomic E-state index is -0.432. The minimum absolute atomic E-state index is 0. The number of benzene rings is 1. The van der Waals surface area contributed by atoms with E-state index in [4.69, 9.17) is 0 Å². The molecule has 0 aliphatic rings. The van der Waals surface area contributed by atoms with Crippen molar-refractivity contribution >= 4 is 15.9 Å². The van der Waals surface area contributed by atoms with E-state index in [1.807, 2.05) is 38.1 Å². The van der Waals surface area contributed by atoms with Gasteiger partial charge in [0, 0.05) is 21.8 Å². The van der Waals surface area contributed by atoms with E-state index in [-0.39, 0.29) is 23.5 Å². The molecule has 0 fully saturated rings. The molecule has 3 aromatic rings. The number of hydrogen-bond acceptors (Lipinski definition) is 2. The summed E-state index contributed by atoms with van der Waals surface area (Å²) in [6, 6.07) is 7.61. The summed E-state index contributed by atoms with van der Waals surface area (Å²) in [6.45, 7) is 3.63. The zero-order valence-corrected chi connectivity index (χ0v) is 14.8. The van der Waals surface area contributed by atoms with Crippen molar-refractivity contribution in [2.75, 3.05) is 0 Å². The van der Waals surface area contributed by atoms with Crippen LogP contribution in [0.2, 0.25) is 0 Å². The topological polar surface area (TPSA) is 97.3 Å². The maximum Gasteiger partial charge on any atom is 0.268 e. The first kappa shape index (κ1) is 17.4. The normalized spacial score (nSPS) is 10.8. The number of aryl methyl sites for hydroxylation is 2. The van der Waals surface area contributed by atoms with Crippen LogP contribution in [0.5, 0.6) is 0 Å². The van der Waals surface area contributed by atoms with Crippen molar-refractivity contribution in [2.24, 2.45) is 0 Å². The Morgan fingerprint density at radius 2 is 1.26 bits per heavy atom. The number of H-pyrrole nitrogens is 4. The van der Waals surface area contributed by atoms with Crippen LogP contribution in [0.4, 0.5) is 0 Å². The molecule has 23 heavy (non-hydrogen) atoms. The van der Waals surface area contributed by atoms with Crippen LogP contribution in [0.25, 0.3) is 0 Å². The zero-order valence-electron chi connectivity index (χ0n) is 12.5. The molecule has 0 unspecified atom stereocenters. The molecular formula is C15H15BrClN4O2-. The van der Waals surface area contributed by atoms with Crippen LogP contribution in [0.3, 0.4) is 0 Å². The van der Waals surface area contributed by atoms with Gasteiger partial charge in [-0.15, -0.1) is 0 Å². The van der Waals surface area contributed by atoms with Gasteiger partial charge in [-0.25, -0.2) is 0 Å². The molecule has 2 aromatic heterocycles. The van der Waals surface area contributed by atoms with E-state index < -0.39 is 5.92 Å². The number of aromatic amines is 4. The molecule has 0 saturated heterocycles. The summed E-state index contributed by atoms with van der Waals surface area (Å²) < 4.78 is 0.939. The van der Waals surface area contributed by atoms with E-state index >= 15 is 0 Å². The predicted octanol–water partition coefficient (Wildman–Crippen LogP) is -0.717. The Balaban J connectivity index is 0.00000192. The van der Waals surface area contributed by atoms with Gasteiger partial charge in [0.05, 0.1) is 11.1 Å². The molecule has 0 amide bonds. The molecule has 122 valence electrons. The molecule has 3 rings (SSSR count). The molecule has 0 atom stereocenters. The maximum atomic E-state index is 12.2. The molecule has 1 aromatic carbocycles. The average molecular weight is 399 g/mol. The van der Waals surface area contributed by atoms with Crippen molar-refractivity contribution in [3.63, 3.8) is 0 Å². The van der Waals surface area contributed by atoms with E-state index in [9.17, 15) is 9.59 Å². The Morgan fingerprint density at radius 1 is 0.826 bits per heavy atom. The molecular weight excluding hydrogens is 384 g/mol. The van der Waals surface area contributed by atoms with Crippen molar-refractivity contribution < 1.29 is 12.4 Å².